The molecule has 136 valence electrons. The molecule has 5 nitrogen and oxygen atoms in total. The molecule has 0 radical (unpaired) electrons. The van der Waals surface area contributed by atoms with Crippen LogP contribution >= 0.6 is 0 Å². The van der Waals surface area contributed by atoms with Crippen molar-refractivity contribution in [1.82, 2.24) is 10.2 Å². The zero-order valence-corrected chi connectivity index (χ0v) is 15.0. The molecule has 1 saturated heterocycles. The van der Waals surface area contributed by atoms with Crippen molar-refractivity contribution in [2.75, 3.05) is 13.1 Å². The van der Waals surface area contributed by atoms with E-state index < -0.39 is 0 Å². The summed E-state index contributed by atoms with van der Waals surface area (Å²) in [7, 11) is 0. The van der Waals surface area contributed by atoms with Crippen LogP contribution in [-0.2, 0) is 4.79 Å². The molecular weight excluding hydrogens is 328 g/mol. The van der Waals surface area contributed by atoms with Crippen LogP contribution in [0.4, 0.5) is 0 Å². The van der Waals surface area contributed by atoms with Crippen LogP contribution in [0.2, 0.25) is 0 Å². The number of hydrogen-bond donors (Lipinski definition) is 1. The summed E-state index contributed by atoms with van der Waals surface area (Å²) >= 11 is 0. The maximum Gasteiger partial charge on any atom is 0.270 e. The van der Waals surface area contributed by atoms with Crippen molar-refractivity contribution in [2.24, 2.45) is 5.92 Å². The number of furan rings is 1. The number of carbonyl (C=O) groups is 2. The largest absolute Gasteiger partial charge is 0.465 e. The van der Waals surface area contributed by atoms with E-state index in [0.717, 1.165) is 19.3 Å². The number of amides is 2. The first-order valence-electron chi connectivity index (χ1n) is 9.08. The lowest BCUT2D eigenvalue weighted by Gasteiger charge is -2.32. The average Bonchev–Trinajstić information content (AvgIpc) is 3.21. The van der Waals surface area contributed by atoms with E-state index in [1.807, 2.05) is 11.0 Å². The molecule has 1 fully saturated rings. The van der Waals surface area contributed by atoms with Crippen LogP contribution in [0, 0.1) is 5.92 Å². The fourth-order valence-corrected chi connectivity index (χ4v) is 3.17. The lowest BCUT2D eigenvalue weighted by atomic mass is 9.94. The van der Waals surface area contributed by atoms with Crippen molar-refractivity contribution in [3.63, 3.8) is 0 Å². The Hall–Kier alpha value is -2.82. The van der Waals surface area contributed by atoms with Gasteiger partial charge in [-0.2, -0.15) is 0 Å². The predicted octanol–water partition coefficient (Wildman–Crippen LogP) is 3.70. The summed E-state index contributed by atoms with van der Waals surface area (Å²) in [6, 6.07) is 12.4. The number of benzene rings is 1. The van der Waals surface area contributed by atoms with Gasteiger partial charge < -0.3 is 14.6 Å². The molecule has 2 aromatic rings. The van der Waals surface area contributed by atoms with Gasteiger partial charge >= 0.3 is 0 Å². The standard InChI is InChI=1S/C21H24N2O3/c1-2-16-10-12-23(13-11-16)21(25)19(15-18-9-6-14-26-18)22-20(24)17-7-4-3-5-8-17/h3-9,14-16H,2,10-13H2,1H3,(H,22,24)/b19-15+. The Kier molecular flexibility index (Phi) is 5.89. The van der Waals surface area contributed by atoms with Gasteiger partial charge in [-0.05, 0) is 43.0 Å². The molecule has 1 aliphatic heterocycles. The summed E-state index contributed by atoms with van der Waals surface area (Å²) < 4.78 is 5.32. The lowest BCUT2D eigenvalue weighted by Crippen LogP contribution is -2.42. The van der Waals surface area contributed by atoms with Crippen LogP contribution in [-0.4, -0.2) is 29.8 Å². The van der Waals surface area contributed by atoms with Crippen molar-refractivity contribution in [1.29, 1.82) is 0 Å². The first-order chi connectivity index (χ1) is 12.7. The van der Waals surface area contributed by atoms with Crippen molar-refractivity contribution in [3.05, 3.63) is 65.7 Å². The number of rotatable bonds is 5. The predicted molar refractivity (Wildman–Crippen MR) is 100 cm³/mol. The third kappa shape index (κ3) is 4.42. The van der Waals surface area contributed by atoms with Gasteiger partial charge in [-0.25, -0.2) is 0 Å². The Labute approximate surface area is 153 Å². The van der Waals surface area contributed by atoms with Crippen molar-refractivity contribution >= 4 is 17.9 Å². The molecule has 3 rings (SSSR count). The summed E-state index contributed by atoms with van der Waals surface area (Å²) in [6.07, 6.45) is 6.28. The number of nitrogens with zero attached hydrogens (tertiary/aromatic N) is 1. The van der Waals surface area contributed by atoms with Crippen molar-refractivity contribution in [2.45, 2.75) is 26.2 Å². The Morgan fingerprint density at radius 2 is 1.88 bits per heavy atom. The first-order valence-corrected chi connectivity index (χ1v) is 9.08. The summed E-state index contributed by atoms with van der Waals surface area (Å²) in [5, 5.41) is 2.76. The third-order valence-corrected chi connectivity index (χ3v) is 4.82. The second-order valence-corrected chi connectivity index (χ2v) is 6.54. The van der Waals surface area contributed by atoms with Crippen LogP contribution in [0.3, 0.4) is 0 Å². The van der Waals surface area contributed by atoms with Gasteiger partial charge in [0.05, 0.1) is 6.26 Å². The van der Waals surface area contributed by atoms with Gasteiger partial charge in [-0.1, -0.05) is 31.5 Å². The molecule has 0 aliphatic carbocycles. The zero-order valence-electron chi connectivity index (χ0n) is 15.0. The smallest absolute Gasteiger partial charge is 0.270 e. The number of nitrogens with one attached hydrogen (secondary N) is 1. The van der Waals surface area contributed by atoms with Gasteiger partial charge in [0, 0.05) is 24.7 Å². The maximum absolute atomic E-state index is 13.0. The van der Waals surface area contributed by atoms with Gasteiger partial charge in [0.1, 0.15) is 11.5 Å². The molecule has 1 aromatic heterocycles. The topological polar surface area (TPSA) is 62.6 Å². The molecule has 0 saturated carbocycles. The molecule has 1 aliphatic rings. The van der Waals surface area contributed by atoms with Crippen LogP contribution in [0.5, 0.6) is 0 Å². The van der Waals surface area contributed by atoms with E-state index in [9.17, 15) is 9.59 Å². The van der Waals surface area contributed by atoms with E-state index in [0.29, 0.717) is 30.3 Å². The number of piperidine rings is 1. The van der Waals surface area contributed by atoms with Gasteiger partial charge in [-0.15, -0.1) is 0 Å². The van der Waals surface area contributed by atoms with E-state index >= 15 is 0 Å². The minimum atomic E-state index is -0.305. The molecular formula is C21H24N2O3. The van der Waals surface area contributed by atoms with Gasteiger partial charge in [0.25, 0.3) is 11.8 Å². The van der Waals surface area contributed by atoms with Crippen molar-refractivity contribution in [3.8, 4) is 0 Å². The van der Waals surface area contributed by atoms with Gasteiger partial charge in [0.2, 0.25) is 0 Å². The Morgan fingerprint density at radius 3 is 2.50 bits per heavy atom. The minimum absolute atomic E-state index is 0.166. The highest BCUT2D eigenvalue weighted by Crippen LogP contribution is 2.21. The second-order valence-electron chi connectivity index (χ2n) is 6.54. The van der Waals surface area contributed by atoms with Crippen LogP contribution in [0.15, 0.2) is 58.8 Å². The summed E-state index contributed by atoms with van der Waals surface area (Å²) in [4.78, 5) is 27.3. The fourth-order valence-electron chi connectivity index (χ4n) is 3.17. The lowest BCUT2D eigenvalue weighted by molar-refractivity contribution is -0.128. The molecule has 2 heterocycles. The number of hydrogen-bond acceptors (Lipinski definition) is 3. The van der Waals surface area contributed by atoms with Gasteiger partial charge in [0.15, 0.2) is 0 Å². The molecule has 5 heteroatoms. The second kappa shape index (κ2) is 8.52. The first kappa shape index (κ1) is 18.0. The highest BCUT2D eigenvalue weighted by atomic mass is 16.3. The van der Waals surface area contributed by atoms with Crippen molar-refractivity contribution < 1.29 is 14.0 Å². The Balaban J connectivity index is 1.78. The molecule has 1 aromatic carbocycles. The highest BCUT2D eigenvalue weighted by molar-refractivity contribution is 6.05. The summed E-state index contributed by atoms with van der Waals surface area (Å²) in [5.74, 6) is 0.737. The molecule has 1 N–H and O–H groups in total. The van der Waals surface area contributed by atoms with Crippen LogP contribution in [0.25, 0.3) is 6.08 Å². The minimum Gasteiger partial charge on any atom is -0.465 e. The summed E-state index contributed by atoms with van der Waals surface area (Å²) in [6.45, 7) is 3.62. The van der Waals surface area contributed by atoms with E-state index in [4.69, 9.17) is 4.42 Å². The Morgan fingerprint density at radius 1 is 1.15 bits per heavy atom. The molecule has 0 spiro atoms. The molecule has 0 atom stereocenters. The number of carbonyl (C=O) groups excluding carboxylic acids is 2. The van der Waals surface area contributed by atoms with Gasteiger partial charge in [-0.3, -0.25) is 9.59 Å². The quantitative estimate of drug-likeness (QED) is 0.835. The summed E-state index contributed by atoms with van der Waals surface area (Å²) in [5.41, 5.74) is 0.749. The Bertz CT molecular complexity index is 758. The van der Waals surface area contributed by atoms with E-state index in [1.54, 1.807) is 48.7 Å². The third-order valence-electron chi connectivity index (χ3n) is 4.82. The van der Waals surface area contributed by atoms with Crippen LogP contribution < -0.4 is 5.32 Å². The maximum atomic E-state index is 13.0. The molecule has 26 heavy (non-hydrogen) atoms. The van der Waals surface area contributed by atoms with E-state index in [-0.39, 0.29) is 17.5 Å². The SMILES string of the molecule is CCC1CCN(C(=O)/C(=C\c2ccco2)NC(=O)c2ccccc2)CC1. The normalized spacial score (nSPS) is 15.7. The zero-order chi connectivity index (χ0) is 18.4. The molecule has 0 unspecified atom stereocenters. The molecule has 0 bridgehead atoms. The molecule has 2 amide bonds. The van der Waals surface area contributed by atoms with E-state index in [2.05, 4.69) is 12.2 Å². The highest BCUT2D eigenvalue weighted by Gasteiger charge is 2.25. The van der Waals surface area contributed by atoms with Crippen LogP contribution in [0.1, 0.15) is 42.3 Å². The fraction of sp³-hybridized carbons (Fsp3) is 0.333. The average molecular weight is 352 g/mol. The monoisotopic (exact) mass is 352 g/mol. The number of likely N-dealkylation sites (tertiary alicyclic amines) is 1. The van der Waals surface area contributed by atoms with E-state index in [1.165, 1.54) is 0 Å².